The first kappa shape index (κ1) is 18.3. The van der Waals surface area contributed by atoms with Gasteiger partial charge in [-0.15, -0.1) is 0 Å². The number of esters is 2. The Labute approximate surface area is 119 Å². The summed E-state index contributed by atoms with van der Waals surface area (Å²) in [7, 11) is 3.23. The highest BCUT2D eigenvalue weighted by Gasteiger charge is 2.45. The topological polar surface area (TPSA) is 76.1 Å². The Balaban J connectivity index is 5.35. The van der Waals surface area contributed by atoms with Gasteiger partial charge in [0.15, 0.2) is 0 Å². The summed E-state index contributed by atoms with van der Waals surface area (Å²) in [5.41, 5.74) is -1.28. The van der Waals surface area contributed by atoms with Gasteiger partial charge in [0.25, 0.3) is 0 Å². The van der Waals surface area contributed by atoms with E-state index in [2.05, 4.69) is 13.2 Å². The normalized spacial score (nSPS) is 15.1. The molecule has 0 saturated carbocycles. The van der Waals surface area contributed by atoms with Crippen molar-refractivity contribution in [3.63, 3.8) is 0 Å². The van der Waals surface area contributed by atoms with Gasteiger partial charge >= 0.3 is 11.9 Å². The van der Waals surface area contributed by atoms with Crippen LogP contribution in [0.25, 0.3) is 0 Å². The Bertz CT molecular complexity index is 391. The van der Waals surface area contributed by atoms with Crippen LogP contribution in [0.2, 0.25) is 0 Å². The molecule has 114 valence electrons. The zero-order valence-electron chi connectivity index (χ0n) is 12.5. The highest BCUT2D eigenvalue weighted by Crippen LogP contribution is 2.24. The maximum absolute atomic E-state index is 11.8. The van der Waals surface area contributed by atoms with Crippen molar-refractivity contribution < 1.29 is 24.2 Å². The number of hydrogen-bond donors (Lipinski definition) is 1. The van der Waals surface area contributed by atoms with Crippen LogP contribution in [0.5, 0.6) is 0 Å². The van der Waals surface area contributed by atoms with Crippen molar-refractivity contribution in [1.29, 1.82) is 0 Å². The molecule has 0 bridgehead atoms. The van der Waals surface area contributed by atoms with Crippen molar-refractivity contribution >= 4 is 11.9 Å². The van der Waals surface area contributed by atoms with E-state index < -0.39 is 23.8 Å². The van der Waals surface area contributed by atoms with Crippen LogP contribution >= 0.6 is 0 Å². The molecule has 0 saturated heterocycles. The van der Waals surface area contributed by atoms with Gasteiger partial charge in [0, 0.05) is 11.6 Å². The van der Waals surface area contributed by atoms with Crippen molar-refractivity contribution in [3.05, 3.63) is 24.8 Å². The number of carbonyl (C=O) groups is 2. The van der Waals surface area contributed by atoms with Gasteiger partial charge in [0.1, 0.15) is 12.7 Å². The summed E-state index contributed by atoms with van der Waals surface area (Å²) < 4.78 is 10.3. The number of nitrogens with zero attached hydrogens (tertiary/aromatic N) is 1. The van der Waals surface area contributed by atoms with Crippen LogP contribution < -0.4 is 0 Å². The van der Waals surface area contributed by atoms with Gasteiger partial charge in [-0.25, -0.2) is 9.59 Å². The lowest BCUT2D eigenvalue weighted by atomic mass is 10.0. The predicted octanol–water partition coefficient (Wildman–Crippen LogP) is 0.864. The van der Waals surface area contributed by atoms with Gasteiger partial charge in [0.05, 0.1) is 0 Å². The number of aliphatic hydroxyl groups excluding tert-OH is 1. The summed E-state index contributed by atoms with van der Waals surface area (Å²) >= 11 is 0. The van der Waals surface area contributed by atoms with E-state index in [-0.39, 0.29) is 12.2 Å². The average Bonchev–Trinajstić information content (AvgIpc) is 2.41. The summed E-state index contributed by atoms with van der Waals surface area (Å²) in [6.07, 6.45) is 0.283. The molecule has 0 aromatic carbocycles. The van der Waals surface area contributed by atoms with Gasteiger partial charge < -0.3 is 14.6 Å². The fourth-order valence-electron chi connectivity index (χ4n) is 1.51. The third kappa shape index (κ3) is 4.47. The predicted molar refractivity (Wildman–Crippen MR) is 74.8 cm³/mol. The first-order chi connectivity index (χ1) is 9.21. The van der Waals surface area contributed by atoms with Gasteiger partial charge in [-0.05, 0) is 27.4 Å². The largest absolute Gasteiger partial charge is 0.457 e. The SMILES string of the molecule is C=CC(=O)OCC(OC(=O)C(=C)C)(C(O)CC)N(C)C. The second-order valence-electron chi connectivity index (χ2n) is 4.64. The van der Waals surface area contributed by atoms with Gasteiger partial charge in [-0.1, -0.05) is 20.1 Å². The molecule has 0 heterocycles. The van der Waals surface area contributed by atoms with Crippen molar-refractivity contribution in [2.24, 2.45) is 0 Å². The second-order valence-corrected chi connectivity index (χ2v) is 4.64. The third-order valence-electron chi connectivity index (χ3n) is 2.87. The van der Waals surface area contributed by atoms with E-state index in [1.54, 1.807) is 21.0 Å². The van der Waals surface area contributed by atoms with Crippen molar-refractivity contribution in [2.75, 3.05) is 20.7 Å². The van der Waals surface area contributed by atoms with E-state index in [4.69, 9.17) is 9.47 Å². The Hall–Kier alpha value is -1.66. The molecular formula is C14H23NO5. The van der Waals surface area contributed by atoms with Crippen LogP contribution in [-0.2, 0) is 19.1 Å². The monoisotopic (exact) mass is 285 g/mol. The Kier molecular flexibility index (Phi) is 7.17. The first-order valence-corrected chi connectivity index (χ1v) is 6.24. The number of carbonyl (C=O) groups excluding carboxylic acids is 2. The molecule has 0 aliphatic rings. The van der Waals surface area contributed by atoms with E-state index in [1.807, 2.05) is 0 Å². The number of likely N-dealkylation sites (N-methyl/N-ethyl adjacent to an activating group) is 1. The number of ether oxygens (including phenoxy) is 2. The molecule has 0 rings (SSSR count). The molecule has 0 aromatic heterocycles. The first-order valence-electron chi connectivity index (χ1n) is 6.24. The number of aliphatic hydroxyl groups is 1. The minimum Gasteiger partial charge on any atom is -0.457 e. The van der Waals surface area contributed by atoms with Crippen molar-refractivity contribution in [2.45, 2.75) is 32.1 Å². The fourth-order valence-corrected chi connectivity index (χ4v) is 1.51. The molecule has 0 aromatic rings. The van der Waals surface area contributed by atoms with Gasteiger partial charge in [-0.2, -0.15) is 0 Å². The van der Waals surface area contributed by atoms with Crippen molar-refractivity contribution in [1.82, 2.24) is 4.90 Å². The number of hydrogen-bond acceptors (Lipinski definition) is 6. The molecule has 2 unspecified atom stereocenters. The minimum atomic E-state index is -1.47. The van der Waals surface area contributed by atoms with Gasteiger partial charge in [-0.3, -0.25) is 4.90 Å². The highest BCUT2D eigenvalue weighted by atomic mass is 16.6. The lowest BCUT2D eigenvalue weighted by molar-refractivity contribution is -0.221. The van der Waals surface area contributed by atoms with Crippen LogP contribution in [-0.4, -0.2) is 54.5 Å². The Morgan fingerprint density at radius 2 is 2.00 bits per heavy atom. The highest BCUT2D eigenvalue weighted by molar-refractivity contribution is 5.87. The van der Waals surface area contributed by atoms with Crippen LogP contribution in [0.1, 0.15) is 20.3 Å². The molecule has 1 N–H and O–H groups in total. The quantitative estimate of drug-likeness (QED) is 0.405. The van der Waals surface area contributed by atoms with E-state index in [9.17, 15) is 14.7 Å². The van der Waals surface area contributed by atoms with E-state index in [1.165, 1.54) is 11.8 Å². The zero-order valence-corrected chi connectivity index (χ0v) is 12.5. The molecule has 0 aliphatic carbocycles. The Morgan fingerprint density at radius 3 is 2.35 bits per heavy atom. The molecule has 2 atom stereocenters. The summed E-state index contributed by atoms with van der Waals surface area (Å²) in [6.45, 7) is 9.70. The van der Waals surface area contributed by atoms with E-state index >= 15 is 0 Å². The fraction of sp³-hybridized carbons (Fsp3) is 0.571. The lowest BCUT2D eigenvalue weighted by Crippen LogP contribution is -2.60. The van der Waals surface area contributed by atoms with Crippen molar-refractivity contribution in [3.8, 4) is 0 Å². The Morgan fingerprint density at radius 1 is 1.45 bits per heavy atom. The molecule has 0 spiro atoms. The maximum Gasteiger partial charge on any atom is 0.335 e. The minimum absolute atomic E-state index is 0.189. The molecule has 0 radical (unpaired) electrons. The smallest absolute Gasteiger partial charge is 0.335 e. The summed E-state index contributed by atoms with van der Waals surface area (Å²) in [5, 5.41) is 10.2. The lowest BCUT2D eigenvalue weighted by Gasteiger charge is -2.41. The molecule has 6 heteroatoms. The third-order valence-corrected chi connectivity index (χ3v) is 2.87. The standard InChI is InChI=1S/C14H23NO5/c1-7-11(16)14(15(5)6,9-19-12(17)8-2)20-13(18)10(3)4/h8,11,16H,2-3,7,9H2,1,4-6H3. The number of rotatable bonds is 8. The van der Waals surface area contributed by atoms with E-state index in [0.717, 1.165) is 6.08 Å². The van der Waals surface area contributed by atoms with E-state index in [0.29, 0.717) is 6.42 Å². The molecule has 20 heavy (non-hydrogen) atoms. The second kappa shape index (κ2) is 7.81. The van der Waals surface area contributed by atoms with Crippen LogP contribution in [0.15, 0.2) is 24.8 Å². The van der Waals surface area contributed by atoms with Crippen LogP contribution in [0.4, 0.5) is 0 Å². The summed E-state index contributed by atoms with van der Waals surface area (Å²) in [4.78, 5) is 24.5. The average molecular weight is 285 g/mol. The van der Waals surface area contributed by atoms with Gasteiger partial charge in [0.2, 0.25) is 5.72 Å². The van der Waals surface area contributed by atoms with Crippen LogP contribution in [0.3, 0.4) is 0 Å². The summed E-state index contributed by atoms with van der Waals surface area (Å²) in [6, 6.07) is 0. The molecule has 0 amide bonds. The molecular weight excluding hydrogens is 262 g/mol. The maximum atomic E-state index is 11.8. The molecule has 0 fully saturated rings. The van der Waals surface area contributed by atoms with Crippen LogP contribution in [0, 0.1) is 0 Å². The summed E-state index contributed by atoms with van der Waals surface area (Å²) in [5.74, 6) is -1.33. The molecule has 6 nitrogen and oxygen atoms in total. The molecule has 0 aliphatic heterocycles. The zero-order chi connectivity index (χ0) is 15.9.